The zero-order chi connectivity index (χ0) is 15.4. The zero-order valence-corrected chi connectivity index (χ0v) is 16.1. The first-order valence-electron chi connectivity index (χ1n) is 10.0. The number of hydrogen-bond acceptors (Lipinski definition) is 0. The highest BCUT2D eigenvalue weighted by molar-refractivity contribution is 7.37. The van der Waals surface area contributed by atoms with Gasteiger partial charge in [0.1, 0.15) is 0 Å². The Labute approximate surface area is 138 Å². The van der Waals surface area contributed by atoms with E-state index in [0.717, 1.165) is 0 Å². The molecule has 0 aliphatic heterocycles. The van der Waals surface area contributed by atoms with Crippen LogP contribution in [0, 0.1) is 0 Å². The molecular weight excluding hydrogens is 271 g/mol. The highest BCUT2D eigenvalue weighted by Gasteiger charge is 1.94. The first-order valence-corrected chi connectivity index (χ1v) is 11.3. The van der Waals surface area contributed by atoms with Crippen molar-refractivity contribution in [1.29, 1.82) is 0 Å². The van der Waals surface area contributed by atoms with Gasteiger partial charge in [-0.3, -0.25) is 0 Å². The lowest BCUT2D eigenvalue weighted by molar-refractivity contribution is 0.548. The smallest absolute Gasteiger partial charge is 0.0287 e. The predicted molar refractivity (Wildman–Crippen MR) is 102 cm³/mol. The molecule has 0 aromatic rings. The van der Waals surface area contributed by atoms with Crippen molar-refractivity contribution in [3.63, 3.8) is 0 Å². The van der Waals surface area contributed by atoms with Crippen molar-refractivity contribution in [3.05, 3.63) is 0 Å². The Morgan fingerprint density at radius 3 is 1.05 bits per heavy atom. The van der Waals surface area contributed by atoms with Crippen LogP contribution in [0.5, 0.6) is 0 Å². The molecule has 0 aliphatic carbocycles. The lowest BCUT2D eigenvalue weighted by atomic mass is 10.1. The standard InChI is InChI=1S/C20H42P/c1-3-5-7-9-10-11-12-13-14-15-16-18-20-21-19-17-8-6-4-2/h3-20H2,1-2H3. The van der Waals surface area contributed by atoms with E-state index in [4.69, 9.17) is 0 Å². The Morgan fingerprint density at radius 2 is 0.667 bits per heavy atom. The molecule has 0 N–H and O–H groups in total. The average molecular weight is 314 g/mol. The van der Waals surface area contributed by atoms with E-state index in [2.05, 4.69) is 13.8 Å². The van der Waals surface area contributed by atoms with E-state index in [1.165, 1.54) is 115 Å². The topological polar surface area (TPSA) is 0 Å². The Bertz CT molecular complexity index is 149. The fourth-order valence-electron chi connectivity index (χ4n) is 2.83. The summed E-state index contributed by atoms with van der Waals surface area (Å²) in [6, 6.07) is 0. The second-order valence-corrected chi connectivity index (χ2v) is 7.96. The molecule has 0 fully saturated rings. The van der Waals surface area contributed by atoms with E-state index in [-0.39, 0.29) is 0 Å². The minimum Gasteiger partial charge on any atom is -0.0810 e. The van der Waals surface area contributed by atoms with Crippen molar-refractivity contribution in [2.24, 2.45) is 0 Å². The zero-order valence-electron chi connectivity index (χ0n) is 15.2. The van der Waals surface area contributed by atoms with E-state index in [1.807, 2.05) is 0 Å². The number of unbranched alkanes of at least 4 members (excludes halogenated alkanes) is 14. The molecule has 1 heteroatoms. The Hall–Kier alpha value is 0.430. The van der Waals surface area contributed by atoms with Crippen LogP contribution in [0.4, 0.5) is 0 Å². The van der Waals surface area contributed by atoms with Crippen molar-refractivity contribution >= 4 is 8.58 Å². The molecule has 0 aromatic carbocycles. The second kappa shape index (κ2) is 20.4. The monoisotopic (exact) mass is 313 g/mol. The van der Waals surface area contributed by atoms with Gasteiger partial charge in [0.2, 0.25) is 0 Å². The molecule has 0 nitrogen and oxygen atoms in total. The highest BCUT2D eigenvalue weighted by atomic mass is 31.1. The summed E-state index contributed by atoms with van der Waals surface area (Å²) < 4.78 is 0. The molecule has 0 heterocycles. The van der Waals surface area contributed by atoms with Crippen molar-refractivity contribution < 1.29 is 0 Å². The molecular formula is C20H42P. The molecule has 0 saturated heterocycles. The molecule has 0 aliphatic rings. The molecule has 0 atom stereocenters. The fourth-order valence-corrected chi connectivity index (χ4v) is 3.94. The highest BCUT2D eigenvalue weighted by Crippen LogP contribution is 2.18. The molecule has 0 spiro atoms. The Morgan fingerprint density at radius 1 is 0.381 bits per heavy atom. The maximum atomic E-state index is 2.30. The third-order valence-electron chi connectivity index (χ3n) is 4.34. The molecule has 21 heavy (non-hydrogen) atoms. The van der Waals surface area contributed by atoms with E-state index in [9.17, 15) is 0 Å². The fraction of sp³-hybridized carbons (Fsp3) is 1.00. The molecule has 0 aromatic heterocycles. The third kappa shape index (κ3) is 20.4. The van der Waals surface area contributed by atoms with E-state index >= 15 is 0 Å². The van der Waals surface area contributed by atoms with Crippen LogP contribution in [0.25, 0.3) is 0 Å². The lowest BCUT2D eigenvalue weighted by Gasteiger charge is -2.03. The SMILES string of the molecule is CCCCCCCCCCCCCC[P]CCCCCC. The van der Waals surface area contributed by atoms with Gasteiger partial charge in [-0.15, -0.1) is 0 Å². The summed E-state index contributed by atoms with van der Waals surface area (Å²) in [7, 11) is 1.72. The number of hydrogen-bond donors (Lipinski definition) is 0. The van der Waals surface area contributed by atoms with E-state index in [0.29, 0.717) is 0 Å². The molecule has 0 amide bonds. The second-order valence-electron chi connectivity index (χ2n) is 6.62. The van der Waals surface area contributed by atoms with Gasteiger partial charge in [-0.1, -0.05) is 112 Å². The third-order valence-corrected chi connectivity index (χ3v) is 5.60. The molecule has 0 bridgehead atoms. The molecule has 0 unspecified atom stereocenters. The summed E-state index contributed by atoms with van der Waals surface area (Å²) in [6.45, 7) is 4.59. The summed E-state index contributed by atoms with van der Waals surface area (Å²) in [5.74, 6) is 0. The molecule has 127 valence electrons. The van der Waals surface area contributed by atoms with Gasteiger partial charge in [0.25, 0.3) is 0 Å². The van der Waals surface area contributed by atoms with Crippen LogP contribution in [-0.2, 0) is 0 Å². The van der Waals surface area contributed by atoms with Crippen LogP contribution < -0.4 is 0 Å². The first-order chi connectivity index (χ1) is 10.4. The van der Waals surface area contributed by atoms with Crippen LogP contribution in [0.1, 0.15) is 117 Å². The van der Waals surface area contributed by atoms with Gasteiger partial charge < -0.3 is 0 Å². The summed E-state index contributed by atoms with van der Waals surface area (Å²) in [4.78, 5) is 0. The van der Waals surface area contributed by atoms with Gasteiger partial charge in [0, 0.05) is 0 Å². The van der Waals surface area contributed by atoms with Crippen molar-refractivity contribution in [2.75, 3.05) is 12.3 Å². The molecule has 1 radical (unpaired) electrons. The first kappa shape index (κ1) is 21.4. The maximum absolute atomic E-state index is 2.30. The maximum Gasteiger partial charge on any atom is -0.0287 e. The summed E-state index contributed by atoms with van der Waals surface area (Å²) in [5.41, 5.74) is 0. The van der Waals surface area contributed by atoms with Gasteiger partial charge >= 0.3 is 0 Å². The summed E-state index contributed by atoms with van der Waals surface area (Å²) in [5, 5.41) is 0. The quantitative estimate of drug-likeness (QED) is 0.177. The number of rotatable bonds is 18. The lowest BCUT2D eigenvalue weighted by Crippen LogP contribution is -1.85. The van der Waals surface area contributed by atoms with Crippen LogP contribution in [0.15, 0.2) is 0 Å². The van der Waals surface area contributed by atoms with Crippen LogP contribution in [-0.4, -0.2) is 12.3 Å². The van der Waals surface area contributed by atoms with Crippen molar-refractivity contribution in [3.8, 4) is 0 Å². The Kier molecular flexibility index (Phi) is 20.8. The average Bonchev–Trinajstić information content (AvgIpc) is 2.50. The van der Waals surface area contributed by atoms with Gasteiger partial charge in [0.05, 0.1) is 0 Å². The van der Waals surface area contributed by atoms with Gasteiger partial charge in [-0.2, -0.15) is 0 Å². The van der Waals surface area contributed by atoms with E-state index in [1.54, 1.807) is 8.58 Å². The van der Waals surface area contributed by atoms with Crippen LogP contribution >= 0.6 is 8.58 Å². The molecule has 0 rings (SSSR count). The van der Waals surface area contributed by atoms with Crippen molar-refractivity contribution in [2.45, 2.75) is 117 Å². The summed E-state index contributed by atoms with van der Waals surface area (Å²) in [6.07, 6.45) is 26.3. The predicted octanol–water partition coefficient (Wildman–Crippen LogP) is 8.21. The van der Waals surface area contributed by atoms with Crippen molar-refractivity contribution in [1.82, 2.24) is 0 Å². The normalized spacial score (nSPS) is 11.7. The van der Waals surface area contributed by atoms with Crippen LogP contribution in [0.2, 0.25) is 0 Å². The van der Waals surface area contributed by atoms with E-state index < -0.39 is 0 Å². The van der Waals surface area contributed by atoms with Gasteiger partial charge in [0.15, 0.2) is 0 Å². The summed E-state index contributed by atoms with van der Waals surface area (Å²) >= 11 is 0. The Balaban J connectivity index is 2.90. The van der Waals surface area contributed by atoms with Gasteiger partial charge in [-0.05, 0) is 25.2 Å². The molecule has 0 saturated carbocycles. The van der Waals surface area contributed by atoms with Crippen LogP contribution in [0.3, 0.4) is 0 Å². The minimum absolute atomic E-state index is 1.37. The van der Waals surface area contributed by atoms with Gasteiger partial charge in [-0.25, -0.2) is 0 Å². The largest absolute Gasteiger partial charge is 0.0810 e. The minimum atomic E-state index is 1.37.